The molecule has 1 N–H and O–H groups in total. The number of nitrogens with one attached hydrogen (secondary N) is 1. The topological polar surface area (TPSA) is 12.0 Å². The van der Waals surface area contributed by atoms with E-state index in [0.29, 0.717) is 5.02 Å². The largest absolute Gasteiger partial charge is 0.303 e. The molecule has 0 bridgehead atoms. The zero-order valence-electron chi connectivity index (χ0n) is 7.14. The van der Waals surface area contributed by atoms with E-state index >= 15 is 0 Å². The van der Waals surface area contributed by atoms with Crippen LogP contribution in [0.25, 0.3) is 0 Å². The molecule has 0 aliphatic carbocycles. The van der Waals surface area contributed by atoms with E-state index in [4.69, 9.17) is 18.0 Å². The van der Waals surface area contributed by atoms with E-state index in [1.165, 1.54) is 0 Å². The van der Waals surface area contributed by atoms with Crippen LogP contribution in [-0.4, -0.2) is 7.05 Å². The average molecular weight is 259 g/mol. The van der Waals surface area contributed by atoms with Crippen molar-refractivity contribution >= 4 is 27.5 Å². The smallest absolute Gasteiger partial charge is 0.0955 e. The molecule has 0 aromatic heterocycles. The van der Waals surface area contributed by atoms with Gasteiger partial charge < -0.3 is 5.32 Å². The van der Waals surface area contributed by atoms with E-state index < -0.39 is 0 Å². The van der Waals surface area contributed by atoms with Crippen LogP contribution in [-0.2, 0) is 0 Å². The predicted octanol–water partition coefficient (Wildman–Crippen LogP) is 3.00. The molecule has 1 rings (SSSR count). The van der Waals surface area contributed by atoms with Crippen LogP contribution in [0, 0.1) is 12.3 Å². The van der Waals surface area contributed by atoms with Gasteiger partial charge in [-0.25, -0.2) is 0 Å². The molecule has 0 fully saturated rings. The van der Waals surface area contributed by atoms with Crippen molar-refractivity contribution in [2.24, 2.45) is 0 Å². The summed E-state index contributed by atoms with van der Waals surface area (Å²) in [5.74, 6) is 2.62. The van der Waals surface area contributed by atoms with Crippen molar-refractivity contribution < 1.29 is 0 Å². The summed E-state index contributed by atoms with van der Waals surface area (Å²) >= 11 is 9.41. The second-order valence-electron chi connectivity index (χ2n) is 2.53. The second-order valence-corrected chi connectivity index (χ2v) is 3.76. The van der Waals surface area contributed by atoms with Gasteiger partial charge in [0.25, 0.3) is 0 Å². The summed E-state index contributed by atoms with van der Waals surface area (Å²) < 4.78 is 0.863. The molecule has 0 heterocycles. The van der Waals surface area contributed by atoms with Gasteiger partial charge in [0, 0.05) is 10.0 Å². The number of benzene rings is 1. The zero-order valence-corrected chi connectivity index (χ0v) is 9.48. The summed E-state index contributed by atoms with van der Waals surface area (Å²) in [6.07, 6.45) is 5.35. The summed E-state index contributed by atoms with van der Waals surface area (Å²) in [7, 11) is 1.81. The van der Waals surface area contributed by atoms with Crippen molar-refractivity contribution in [1.29, 1.82) is 0 Å². The highest BCUT2D eigenvalue weighted by Gasteiger charge is 2.10. The van der Waals surface area contributed by atoms with Gasteiger partial charge >= 0.3 is 0 Å². The molecule has 0 saturated heterocycles. The van der Waals surface area contributed by atoms with Crippen molar-refractivity contribution in [3.8, 4) is 12.3 Å². The lowest BCUT2D eigenvalue weighted by Crippen LogP contribution is -2.14. The minimum absolute atomic E-state index is 0.134. The van der Waals surface area contributed by atoms with Gasteiger partial charge in [0.05, 0.1) is 11.1 Å². The molecule has 1 aromatic rings. The van der Waals surface area contributed by atoms with E-state index in [1.54, 1.807) is 0 Å². The van der Waals surface area contributed by atoms with Gasteiger partial charge in [0.1, 0.15) is 0 Å². The van der Waals surface area contributed by atoms with Crippen LogP contribution in [0.2, 0.25) is 5.02 Å². The summed E-state index contributed by atoms with van der Waals surface area (Å²) in [5, 5.41) is 3.66. The fourth-order valence-electron chi connectivity index (χ4n) is 1.07. The third-order valence-corrected chi connectivity index (χ3v) is 3.06. The van der Waals surface area contributed by atoms with Crippen molar-refractivity contribution in [3.63, 3.8) is 0 Å². The quantitative estimate of drug-likeness (QED) is 0.804. The Morgan fingerprint density at radius 3 is 2.85 bits per heavy atom. The maximum absolute atomic E-state index is 6.06. The maximum atomic E-state index is 6.06. The molecule has 3 heteroatoms. The second kappa shape index (κ2) is 4.66. The SMILES string of the molecule is C#CC(NC)c1cccc(Br)c1Cl. The Morgan fingerprint density at radius 2 is 2.31 bits per heavy atom. The third-order valence-electron chi connectivity index (χ3n) is 1.75. The fraction of sp³-hybridized carbons (Fsp3) is 0.200. The maximum Gasteiger partial charge on any atom is 0.0955 e. The Kier molecular flexibility index (Phi) is 3.80. The van der Waals surface area contributed by atoms with Crippen LogP contribution in [0.3, 0.4) is 0 Å². The number of rotatable bonds is 2. The van der Waals surface area contributed by atoms with Gasteiger partial charge in [-0.1, -0.05) is 29.7 Å². The van der Waals surface area contributed by atoms with Crippen LogP contribution >= 0.6 is 27.5 Å². The zero-order chi connectivity index (χ0) is 9.84. The first-order valence-electron chi connectivity index (χ1n) is 3.78. The molecule has 0 aliphatic heterocycles. The van der Waals surface area contributed by atoms with Gasteiger partial charge in [-0.2, -0.15) is 0 Å². The molecule has 0 aliphatic rings. The van der Waals surface area contributed by atoms with E-state index in [0.717, 1.165) is 10.0 Å². The Morgan fingerprint density at radius 1 is 1.62 bits per heavy atom. The molecule has 0 spiro atoms. The molecule has 0 amide bonds. The Hall–Kier alpha value is -0.490. The van der Waals surface area contributed by atoms with E-state index in [1.807, 2.05) is 25.2 Å². The lowest BCUT2D eigenvalue weighted by atomic mass is 10.1. The molecular formula is C10H9BrClN. The van der Waals surface area contributed by atoms with E-state index in [-0.39, 0.29) is 6.04 Å². The first-order valence-corrected chi connectivity index (χ1v) is 4.95. The van der Waals surface area contributed by atoms with Crippen molar-refractivity contribution in [1.82, 2.24) is 5.32 Å². The Balaban J connectivity index is 3.15. The molecule has 0 saturated carbocycles. The Bertz CT molecular complexity index is 343. The third kappa shape index (κ3) is 2.25. The van der Waals surface area contributed by atoms with Crippen molar-refractivity contribution in [2.75, 3.05) is 7.05 Å². The molecular weight excluding hydrogens is 249 g/mol. The number of terminal acetylenes is 1. The molecule has 1 aromatic carbocycles. The van der Waals surface area contributed by atoms with Crippen LogP contribution in [0.5, 0.6) is 0 Å². The van der Waals surface area contributed by atoms with Crippen LogP contribution < -0.4 is 5.32 Å². The van der Waals surface area contributed by atoms with Crippen molar-refractivity contribution in [3.05, 3.63) is 33.3 Å². The first-order chi connectivity index (χ1) is 6.20. The van der Waals surface area contributed by atoms with Gasteiger partial charge in [-0.15, -0.1) is 6.42 Å². The Labute approximate surface area is 91.6 Å². The molecule has 1 atom stereocenters. The summed E-state index contributed by atoms with van der Waals surface area (Å²) in [5.41, 5.74) is 0.918. The first kappa shape index (κ1) is 10.6. The molecule has 0 radical (unpaired) electrons. The van der Waals surface area contributed by atoms with Crippen molar-refractivity contribution in [2.45, 2.75) is 6.04 Å². The normalized spacial score (nSPS) is 12.2. The van der Waals surface area contributed by atoms with E-state index in [9.17, 15) is 0 Å². The predicted molar refractivity (Wildman–Crippen MR) is 59.8 cm³/mol. The number of hydrogen-bond acceptors (Lipinski definition) is 1. The highest BCUT2D eigenvalue weighted by atomic mass is 79.9. The standard InChI is InChI=1S/C10H9BrClN/c1-3-9(13-2)7-5-4-6-8(11)10(7)12/h1,4-6,9,13H,2H3. The highest BCUT2D eigenvalue weighted by molar-refractivity contribution is 9.10. The van der Waals surface area contributed by atoms with Gasteiger partial charge in [0.15, 0.2) is 0 Å². The monoisotopic (exact) mass is 257 g/mol. The van der Waals surface area contributed by atoms with E-state index in [2.05, 4.69) is 27.2 Å². The molecule has 1 nitrogen and oxygen atoms in total. The fourth-order valence-corrected chi connectivity index (χ4v) is 1.69. The van der Waals surface area contributed by atoms with Crippen LogP contribution in [0.15, 0.2) is 22.7 Å². The average Bonchev–Trinajstić information content (AvgIpc) is 2.14. The highest BCUT2D eigenvalue weighted by Crippen LogP contribution is 2.29. The summed E-state index contributed by atoms with van der Waals surface area (Å²) in [6, 6.07) is 5.57. The number of halogens is 2. The minimum Gasteiger partial charge on any atom is -0.303 e. The lowest BCUT2D eigenvalue weighted by molar-refractivity contribution is 0.736. The van der Waals surface area contributed by atoms with Gasteiger partial charge in [0.2, 0.25) is 0 Å². The minimum atomic E-state index is -0.134. The lowest BCUT2D eigenvalue weighted by Gasteiger charge is -2.12. The van der Waals surface area contributed by atoms with Crippen LogP contribution in [0.1, 0.15) is 11.6 Å². The summed E-state index contributed by atoms with van der Waals surface area (Å²) in [6.45, 7) is 0. The summed E-state index contributed by atoms with van der Waals surface area (Å²) in [4.78, 5) is 0. The number of hydrogen-bond donors (Lipinski definition) is 1. The van der Waals surface area contributed by atoms with Crippen LogP contribution in [0.4, 0.5) is 0 Å². The molecule has 68 valence electrons. The van der Waals surface area contributed by atoms with Gasteiger partial charge in [-0.3, -0.25) is 0 Å². The molecule has 1 unspecified atom stereocenters. The van der Waals surface area contributed by atoms with Gasteiger partial charge in [-0.05, 0) is 29.0 Å². The molecule has 13 heavy (non-hydrogen) atoms.